The standard InChI is InChI=1S/C12H27BrN2/c1-11(2)9-15(7-6-14(4)5)10-12(3)8-13/h11-12H,6-10H2,1-5H3. The van der Waals surface area contributed by atoms with Crippen LogP contribution in [0, 0.1) is 11.8 Å². The van der Waals surface area contributed by atoms with Gasteiger partial charge in [0, 0.05) is 31.5 Å². The highest BCUT2D eigenvalue weighted by Crippen LogP contribution is 2.06. The summed E-state index contributed by atoms with van der Waals surface area (Å²) in [5.74, 6) is 1.50. The first-order chi connectivity index (χ1) is 6.95. The fourth-order valence-electron chi connectivity index (χ4n) is 1.60. The molecule has 1 atom stereocenters. The number of rotatable bonds is 8. The molecule has 0 aromatic carbocycles. The summed E-state index contributed by atoms with van der Waals surface area (Å²) < 4.78 is 0. The van der Waals surface area contributed by atoms with Gasteiger partial charge in [-0.2, -0.15) is 0 Å². The lowest BCUT2D eigenvalue weighted by molar-refractivity contribution is 0.200. The highest BCUT2D eigenvalue weighted by Gasteiger charge is 2.11. The fraction of sp³-hybridized carbons (Fsp3) is 1.00. The first kappa shape index (κ1) is 15.4. The van der Waals surface area contributed by atoms with Gasteiger partial charge in [-0.3, -0.25) is 0 Å². The van der Waals surface area contributed by atoms with E-state index in [0.717, 1.165) is 23.7 Å². The van der Waals surface area contributed by atoms with E-state index in [1.807, 2.05) is 0 Å². The Morgan fingerprint density at radius 3 is 2.00 bits per heavy atom. The molecule has 0 N–H and O–H groups in total. The van der Waals surface area contributed by atoms with Gasteiger partial charge in [0.15, 0.2) is 0 Å². The third-order valence-corrected chi connectivity index (χ3v) is 3.43. The Labute approximate surface area is 104 Å². The zero-order valence-electron chi connectivity index (χ0n) is 11.0. The second-order valence-electron chi connectivity index (χ2n) is 5.22. The van der Waals surface area contributed by atoms with E-state index in [2.05, 4.69) is 60.6 Å². The molecule has 0 amide bonds. The molecule has 0 saturated heterocycles. The van der Waals surface area contributed by atoms with E-state index in [-0.39, 0.29) is 0 Å². The number of nitrogens with zero attached hydrogens (tertiary/aromatic N) is 2. The summed E-state index contributed by atoms with van der Waals surface area (Å²) in [4.78, 5) is 4.84. The molecule has 0 saturated carbocycles. The molecule has 0 spiro atoms. The summed E-state index contributed by atoms with van der Waals surface area (Å²) in [6.45, 7) is 11.6. The summed E-state index contributed by atoms with van der Waals surface area (Å²) in [7, 11) is 4.28. The van der Waals surface area contributed by atoms with E-state index in [9.17, 15) is 0 Å². The lowest BCUT2D eigenvalue weighted by Gasteiger charge is -2.27. The number of alkyl halides is 1. The molecule has 0 radical (unpaired) electrons. The van der Waals surface area contributed by atoms with Crippen molar-refractivity contribution < 1.29 is 0 Å². The molecule has 1 unspecified atom stereocenters. The first-order valence-electron chi connectivity index (χ1n) is 5.88. The van der Waals surface area contributed by atoms with Gasteiger partial charge in [-0.25, -0.2) is 0 Å². The maximum atomic E-state index is 3.55. The van der Waals surface area contributed by atoms with Crippen LogP contribution in [0.15, 0.2) is 0 Å². The van der Waals surface area contributed by atoms with Gasteiger partial charge in [-0.05, 0) is 25.9 Å². The molecule has 0 aliphatic rings. The number of halogens is 1. The molecule has 3 heteroatoms. The molecule has 0 aromatic rings. The van der Waals surface area contributed by atoms with E-state index >= 15 is 0 Å². The normalized spacial score (nSPS) is 14.2. The fourth-order valence-corrected chi connectivity index (χ4v) is 1.81. The third-order valence-electron chi connectivity index (χ3n) is 2.32. The average molecular weight is 279 g/mol. The first-order valence-corrected chi connectivity index (χ1v) is 7.00. The van der Waals surface area contributed by atoms with E-state index in [1.54, 1.807) is 0 Å². The molecule has 0 rings (SSSR count). The van der Waals surface area contributed by atoms with Crippen molar-refractivity contribution in [1.82, 2.24) is 9.80 Å². The lowest BCUT2D eigenvalue weighted by Crippen LogP contribution is -2.37. The van der Waals surface area contributed by atoms with E-state index < -0.39 is 0 Å². The quantitative estimate of drug-likeness (QED) is 0.630. The maximum absolute atomic E-state index is 3.55. The second kappa shape index (κ2) is 8.54. The Bertz CT molecular complexity index is 149. The Kier molecular flexibility index (Phi) is 8.77. The van der Waals surface area contributed by atoms with Crippen molar-refractivity contribution in [2.75, 3.05) is 45.6 Å². The molecule has 92 valence electrons. The summed E-state index contributed by atoms with van der Waals surface area (Å²) in [6, 6.07) is 0. The molecule has 0 aliphatic heterocycles. The zero-order valence-corrected chi connectivity index (χ0v) is 12.5. The predicted molar refractivity (Wildman–Crippen MR) is 72.8 cm³/mol. The van der Waals surface area contributed by atoms with Gasteiger partial charge < -0.3 is 9.80 Å². The molecule has 15 heavy (non-hydrogen) atoms. The monoisotopic (exact) mass is 278 g/mol. The number of hydrogen-bond donors (Lipinski definition) is 0. The minimum atomic E-state index is 0.742. The van der Waals surface area contributed by atoms with Crippen LogP contribution in [0.1, 0.15) is 20.8 Å². The predicted octanol–water partition coefficient (Wildman–Crippen LogP) is 2.54. The van der Waals surface area contributed by atoms with Crippen LogP contribution in [0.2, 0.25) is 0 Å². The molecule has 2 nitrogen and oxygen atoms in total. The van der Waals surface area contributed by atoms with Crippen molar-refractivity contribution >= 4 is 15.9 Å². The van der Waals surface area contributed by atoms with Crippen molar-refractivity contribution in [3.8, 4) is 0 Å². The maximum Gasteiger partial charge on any atom is 0.0109 e. The van der Waals surface area contributed by atoms with Crippen LogP contribution in [0.3, 0.4) is 0 Å². The van der Waals surface area contributed by atoms with Crippen LogP contribution in [0.4, 0.5) is 0 Å². The van der Waals surface area contributed by atoms with Gasteiger partial charge in [-0.1, -0.05) is 36.7 Å². The Balaban J connectivity index is 3.94. The second-order valence-corrected chi connectivity index (χ2v) is 5.86. The van der Waals surface area contributed by atoms with Gasteiger partial charge in [0.2, 0.25) is 0 Å². The lowest BCUT2D eigenvalue weighted by atomic mass is 10.1. The van der Waals surface area contributed by atoms with Crippen molar-refractivity contribution in [3.05, 3.63) is 0 Å². The van der Waals surface area contributed by atoms with E-state index in [1.165, 1.54) is 19.6 Å². The number of likely N-dealkylation sites (N-methyl/N-ethyl adjacent to an activating group) is 1. The topological polar surface area (TPSA) is 6.48 Å². The van der Waals surface area contributed by atoms with Crippen molar-refractivity contribution in [2.24, 2.45) is 11.8 Å². The highest BCUT2D eigenvalue weighted by molar-refractivity contribution is 9.09. The molecule has 0 aliphatic carbocycles. The Hall–Kier alpha value is 0.400. The molecular formula is C12H27BrN2. The summed E-state index contributed by atoms with van der Waals surface area (Å²) in [6.07, 6.45) is 0. The summed E-state index contributed by atoms with van der Waals surface area (Å²) >= 11 is 3.55. The van der Waals surface area contributed by atoms with E-state index in [0.29, 0.717) is 0 Å². The molecule has 0 bridgehead atoms. The van der Waals surface area contributed by atoms with Crippen LogP contribution in [-0.2, 0) is 0 Å². The molecular weight excluding hydrogens is 252 g/mol. The average Bonchev–Trinajstić information content (AvgIpc) is 2.13. The number of hydrogen-bond acceptors (Lipinski definition) is 2. The Morgan fingerprint density at radius 1 is 1.00 bits per heavy atom. The minimum absolute atomic E-state index is 0.742. The van der Waals surface area contributed by atoms with Crippen LogP contribution in [0.5, 0.6) is 0 Å². The third kappa shape index (κ3) is 9.34. The van der Waals surface area contributed by atoms with Crippen molar-refractivity contribution in [2.45, 2.75) is 20.8 Å². The van der Waals surface area contributed by atoms with Crippen LogP contribution in [-0.4, -0.2) is 55.4 Å². The van der Waals surface area contributed by atoms with Crippen LogP contribution >= 0.6 is 15.9 Å². The van der Waals surface area contributed by atoms with Gasteiger partial charge in [0.05, 0.1) is 0 Å². The van der Waals surface area contributed by atoms with Gasteiger partial charge >= 0.3 is 0 Å². The summed E-state index contributed by atoms with van der Waals surface area (Å²) in [5.41, 5.74) is 0. The van der Waals surface area contributed by atoms with E-state index in [4.69, 9.17) is 0 Å². The van der Waals surface area contributed by atoms with Crippen molar-refractivity contribution in [3.63, 3.8) is 0 Å². The molecule has 0 heterocycles. The molecule has 0 aromatic heterocycles. The summed E-state index contributed by atoms with van der Waals surface area (Å²) in [5, 5.41) is 1.10. The molecule has 0 fully saturated rings. The minimum Gasteiger partial charge on any atom is -0.308 e. The SMILES string of the molecule is CC(C)CN(CCN(C)C)CC(C)CBr. The zero-order chi connectivity index (χ0) is 11.8. The van der Waals surface area contributed by atoms with Gasteiger partial charge in [-0.15, -0.1) is 0 Å². The highest BCUT2D eigenvalue weighted by atomic mass is 79.9. The Morgan fingerprint density at radius 2 is 1.60 bits per heavy atom. The van der Waals surface area contributed by atoms with Gasteiger partial charge in [0.25, 0.3) is 0 Å². The van der Waals surface area contributed by atoms with Crippen molar-refractivity contribution in [1.29, 1.82) is 0 Å². The largest absolute Gasteiger partial charge is 0.308 e. The van der Waals surface area contributed by atoms with Gasteiger partial charge in [0.1, 0.15) is 0 Å². The van der Waals surface area contributed by atoms with Crippen LogP contribution < -0.4 is 0 Å². The van der Waals surface area contributed by atoms with Crippen LogP contribution in [0.25, 0.3) is 0 Å². The smallest absolute Gasteiger partial charge is 0.0109 e.